The summed E-state index contributed by atoms with van der Waals surface area (Å²) >= 11 is 17.4. The predicted molar refractivity (Wildman–Crippen MR) is 562 cm³/mol. The summed E-state index contributed by atoms with van der Waals surface area (Å²) in [5, 5.41) is 44.6. The number of amides is 7. The molecule has 0 radical (unpaired) electrons. The molecule has 2 aliphatic carbocycles. The summed E-state index contributed by atoms with van der Waals surface area (Å²) in [6.45, 7) is 32.4. The summed E-state index contributed by atoms with van der Waals surface area (Å²) in [6.07, 6.45) is 8.04. The largest absolute Gasteiger partial charge is 0.481 e. The van der Waals surface area contributed by atoms with E-state index in [4.69, 9.17) is 68.3 Å². The zero-order valence-electron chi connectivity index (χ0n) is 83.9. The third-order valence-corrected chi connectivity index (χ3v) is 26.0. The molecule has 784 valence electrons. The second-order valence-corrected chi connectivity index (χ2v) is 43.5. The highest BCUT2D eigenvalue weighted by atomic mass is 35.5. The molecule has 11 rings (SSSR count). The monoisotopic (exact) mass is 2120 g/mol. The number of Topliss-reactive ketones (excluding diaryl/α,β-unsaturated/α-hetero) is 1. The van der Waals surface area contributed by atoms with Crippen molar-refractivity contribution < 1.29 is 111 Å². The lowest BCUT2D eigenvalue weighted by atomic mass is 9.69. The smallest absolute Gasteiger partial charge is 0.408 e. The van der Waals surface area contributed by atoms with Crippen LogP contribution in [0.2, 0.25) is 8.67 Å². The van der Waals surface area contributed by atoms with Gasteiger partial charge in [-0.2, -0.15) is 0 Å². The van der Waals surface area contributed by atoms with E-state index in [-0.39, 0.29) is 67.8 Å². The van der Waals surface area contributed by atoms with Gasteiger partial charge in [0.05, 0.1) is 58.0 Å². The van der Waals surface area contributed by atoms with Gasteiger partial charge in [-0.25, -0.2) is 38.6 Å². The van der Waals surface area contributed by atoms with Crippen molar-refractivity contribution in [1.29, 1.82) is 0 Å². The van der Waals surface area contributed by atoms with Crippen LogP contribution in [0.25, 0.3) is 0 Å². The first kappa shape index (κ1) is 126. The highest BCUT2D eigenvalue weighted by molar-refractivity contribution is 7.19. The van der Waals surface area contributed by atoms with Gasteiger partial charge in [-0.3, -0.25) is 33.6 Å². The van der Waals surface area contributed by atoms with Crippen LogP contribution in [0.3, 0.4) is 0 Å². The van der Waals surface area contributed by atoms with E-state index in [1.54, 1.807) is 159 Å². The van der Waals surface area contributed by atoms with Gasteiger partial charge in [-0.15, -0.1) is 57.8 Å². The Bertz CT molecular complexity index is 5430. The van der Waals surface area contributed by atoms with E-state index in [2.05, 4.69) is 87.7 Å². The average Bonchev–Trinajstić information content (AvgIpc) is 1.59. The van der Waals surface area contributed by atoms with E-state index in [0.29, 0.717) is 109 Å². The minimum absolute atomic E-state index is 0. The second-order valence-electron chi connectivity index (χ2n) is 38.1. The molecule has 1 spiro atoms. The number of nitrogens with zero attached hydrogens (tertiary/aromatic N) is 2. The van der Waals surface area contributed by atoms with Gasteiger partial charge in [-0.1, -0.05) is 133 Å². The van der Waals surface area contributed by atoms with Crippen LogP contribution >= 0.6 is 81.0 Å². The molecule has 3 atom stereocenters. The number of hydrogen-bond donors (Lipinski definition) is 10. The van der Waals surface area contributed by atoms with Gasteiger partial charge in [0.1, 0.15) is 46.0 Å². The number of ketones is 1. The van der Waals surface area contributed by atoms with E-state index >= 15 is 0 Å². The molecule has 5 heterocycles. The van der Waals surface area contributed by atoms with Gasteiger partial charge in [0.15, 0.2) is 6.04 Å². The van der Waals surface area contributed by atoms with Gasteiger partial charge in [-0.05, 0) is 274 Å². The first-order valence-corrected chi connectivity index (χ1v) is 50.0. The minimum atomic E-state index is -1.11. The van der Waals surface area contributed by atoms with Crippen LogP contribution in [0.1, 0.15) is 277 Å². The van der Waals surface area contributed by atoms with Crippen LogP contribution in [0.15, 0.2) is 161 Å². The number of rotatable bonds is 28. The lowest BCUT2D eigenvalue weighted by Crippen LogP contribution is -2.50. The Hall–Kier alpha value is -11.6. The maximum Gasteiger partial charge on any atom is 0.408 e. The highest BCUT2D eigenvalue weighted by Crippen LogP contribution is 2.47. The fourth-order valence-electron chi connectivity index (χ4n) is 14.4. The molecule has 0 bridgehead atoms. The SMILES string of the molecule is C.CC(=O)O.CC(C)(C)C1CCC(=O)CC1.CC(C)(C)C1CCC2(CC1)N=C(c1ccc(Cl)s1)C(=O)N2CCc1ccc(C(=O)NCCC(=O)O)cc1.CC(C)(C)OC(=O)NC(C(=O)O)c1cccs1.COC(=O)c1ccc(CCN)cc1.COC(=O)c1ccc(CCNC(=O)C(NC(=O)OC(C)(C)C)c2ccc(Cl)s2)cc1.COC(=O)c1ccc(CCNC(=O)C(NC(=O)OC(C)(C)C)c2cccs2)cc1.Cl. The number of nitrogens with two attached hydrogens (primary N) is 1. The first-order valence-electron chi connectivity index (χ1n) is 45.9. The van der Waals surface area contributed by atoms with Crippen LogP contribution < -0.4 is 37.6 Å². The molecule has 143 heavy (non-hydrogen) atoms. The Balaban J connectivity index is 0.000000455. The second kappa shape index (κ2) is 60.2. The number of aliphatic imine (C=N–C) groups is 1. The van der Waals surface area contributed by atoms with Crippen LogP contribution in [0, 0.1) is 22.7 Å². The number of carbonyl (C=O) groups is 14. The molecule has 7 amide bonds. The van der Waals surface area contributed by atoms with E-state index in [9.17, 15) is 62.3 Å². The topological polar surface area (TPSA) is 469 Å². The summed E-state index contributed by atoms with van der Waals surface area (Å²) in [5.41, 5.74) is 10.1. The molecule has 11 N–H and O–H groups in total. The number of carbonyl (C=O) groups excluding carboxylic acids is 11. The van der Waals surface area contributed by atoms with Crippen LogP contribution in [-0.2, 0) is 87.7 Å². The average molecular weight is 2120 g/mol. The molecule has 1 aliphatic heterocycles. The van der Waals surface area contributed by atoms with Crippen molar-refractivity contribution in [3.63, 3.8) is 0 Å². The summed E-state index contributed by atoms with van der Waals surface area (Å²) in [7, 11) is 4.03. The number of nitrogens with one attached hydrogen (secondary N) is 6. The molecule has 2 saturated carbocycles. The van der Waals surface area contributed by atoms with E-state index in [1.165, 1.54) is 66.7 Å². The molecule has 2 fully saturated rings. The molecule has 4 aromatic carbocycles. The summed E-state index contributed by atoms with van der Waals surface area (Å²) in [6, 6.07) is 39.7. The molecule has 3 aliphatic rings. The number of methoxy groups -OCH3 is 3. The number of alkyl carbamates (subject to hydrolysis) is 3. The Kier molecular flexibility index (Phi) is 52.8. The van der Waals surface area contributed by atoms with Crippen LogP contribution in [0.5, 0.6) is 0 Å². The normalized spacial score (nSPS) is 14.9. The highest BCUT2D eigenvalue weighted by Gasteiger charge is 2.50. The lowest BCUT2D eigenvalue weighted by Gasteiger charge is -2.45. The number of thiophene rings is 4. The van der Waals surface area contributed by atoms with Crippen molar-refractivity contribution in [1.82, 2.24) is 36.8 Å². The Morgan fingerprint density at radius 2 is 0.839 bits per heavy atom. The fourth-order valence-corrected chi connectivity index (χ4v) is 18.1. The van der Waals surface area contributed by atoms with E-state index in [1.807, 2.05) is 64.9 Å². The van der Waals surface area contributed by atoms with Crippen molar-refractivity contribution in [2.45, 2.75) is 242 Å². The van der Waals surface area contributed by atoms with Crippen molar-refractivity contribution >= 4 is 170 Å². The van der Waals surface area contributed by atoms with Crippen molar-refractivity contribution in [2.75, 3.05) is 54.1 Å². The molecular weight excluding hydrogens is 1980 g/mol. The number of carboxylic acids is 3. The fraction of sp³-hybridized carbons (Fsp3) is 0.471. The maximum absolute atomic E-state index is 13.6. The quantitative estimate of drug-likeness (QED) is 0.0161. The number of esters is 3. The zero-order chi connectivity index (χ0) is 105. The number of aliphatic carboxylic acids is 3. The van der Waals surface area contributed by atoms with Gasteiger partial charge < -0.3 is 86.3 Å². The molecule has 32 nitrogen and oxygen atoms in total. The zero-order valence-corrected chi connectivity index (χ0v) is 89.5. The number of ether oxygens (including phenoxy) is 6. The van der Waals surface area contributed by atoms with Crippen LogP contribution in [-0.4, -0.2) is 186 Å². The Morgan fingerprint density at radius 1 is 0.476 bits per heavy atom. The predicted octanol–water partition coefficient (Wildman–Crippen LogP) is 20.3. The summed E-state index contributed by atoms with van der Waals surface area (Å²) in [4.78, 5) is 172. The third-order valence-electron chi connectivity index (χ3n) is 21.6. The van der Waals surface area contributed by atoms with Gasteiger partial charge >= 0.3 is 48.1 Å². The Labute approximate surface area is 870 Å². The van der Waals surface area contributed by atoms with E-state index < -0.39 is 88.7 Å². The van der Waals surface area contributed by atoms with Gasteiger partial charge in [0, 0.05) is 66.1 Å². The Morgan fingerprint density at radius 3 is 1.18 bits per heavy atom. The number of halogens is 3. The summed E-state index contributed by atoms with van der Waals surface area (Å²) in [5.74, 6) is -3.20. The van der Waals surface area contributed by atoms with E-state index in [0.717, 1.165) is 103 Å². The van der Waals surface area contributed by atoms with Gasteiger partial charge in [0.25, 0.3) is 17.8 Å². The third kappa shape index (κ3) is 45.9. The molecule has 3 unspecified atom stereocenters. The van der Waals surface area contributed by atoms with Gasteiger partial charge in [0.2, 0.25) is 11.8 Å². The number of hydrogen-bond acceptors (Lipinski definition) is 26. The number of benzene rings is 4. The standard InChI is InChI=1S/C28H34ClN3O4S.C21H25ClN2O5S.C21H26N2O5S.C11H15NO4S.C10H13NO2.C10H18O.C2H4O2.CH4.ClH/c1-27(2,3)20-10-14-28(15-11-20)31-24(21-8-9-22(29)37-21)26(36)32(28)17-13-18-4-6-19(7-5-18)25(35)30-16-12-23(33)34;1-21(2,3)29-20(27)24-17(15-9-10-16(22)30-15)18(25)23-12-11-13-5-7-14(8-6-13)19(26)28-4;1-21(2,3)28-20(26)23-17(16-6-5-13-29-16)18(24)22-12-11-14-7-9-15(10-8-14)19(25)27-4;1-11(2,3)16-10(15)12-8(9(13)14)7-5-4-6-17-7;1-13-10(12)9-4-2-8(3-5-9)6-7-11;1-10(2,3)8-4-6-9(11)7-5-8;1-2(3)4;;/h4-9,20H,10-17H2,1-3H3,(H,30,35)(H,33,34);5-10,17H,11-12H2,1-4H3,(H,23,25)(H,24,27);5-10,13,17H,11-12H2,1-4H3,(H,22,24)(H,23,26);4-6,8H,1-3H3,(H,12,15)(H,13,14);2-5H,6-7,11H2,1H3;8H,4-7H2,1-3H3;1H3,(H,3,4);1H4;1H. The number of carboxylic acid groups (broad SMARTS) is 3. The first-order chi connectivity index (χ1) is 66.1. The molecule has 0 saturated heterocycles. The molecule has 8 aromatic rings. The lowest BCUT2D eigenvalue weighted by molar-refractivity contribution is -0.140. The molecular formula is C104H140Cl3N9O23S4. The minimum Gasteiger partial charge on any atom is -0.481 e. The van der Waals surface area contributed by atoms with Crippen LogP contribution in [0.4, 0.5) is 14.4 Å². The molecule has 4 aromatic heterocycles. The van der Waals surface area contributed by atoms with Crippen molar-refractivity contribution in [3.8, 4) is 0 Å². The maximum atomic E-state index is 13.6. The van der Waals surface area contributed by atoms with Crippen molar-refractivity contribution in [2.24, 2.45) is 33.4 Å². The molecule has 39 heteroatoms. The van der Waals surface area contributed by atoms with Crippen molar-refractivity contribution in [3.05, 3.63) is 229 Å². The summed E-state index contributed by atoms with van der Waals surface area (Å²) < 4.78 is 30.6.